The number of carbonyl (C=O) groups excluding carboxylic acids is 2. The number of amides is 2. The van der Waals surface area contributed by atoms with Crippen LogP contribution < -0.4 is 10.6 Å². The summed E-state index contributed by atoms with van der Waals surface area (Å²) in [5.41, 5.74) is -0.0481. The normalized spacial score (nSPS) is 15.6. The van der Waals surface area contributed by atoms with Crippen LogP contribution in [0.5, 0.6) is 0 Å². The van der Waals surface area contributed by atoms with Gasteiger partial charge in [0.15, 0.2) is 0 Å². The molecule has 114 valence electrons. The van der Waals surface area contributed by atoms with Crippen LogP contribution in [-0.4, -0.2) is 23.3 Å². The molecule has 1 heterocycles. The van der Waals surface area contributed by atoms with E-state index >= 15 is 0 Å². The van der Waals surface area contributed by atoms with Crippen molar-refractivity contribution in [1.29, 1.82) is 0 Å². The lowest BCUT2D eigenvalue weighted by Crippen LogP contribution is -2.43. The fourth-order valence-corrected chi connectivity index (χ4v) is 2.17. The molecule has 0 spiro atoms. The van der Waals surface area contributed by atoms with Gasteiger partial charge in [-0.2, -0.15) is 0 Å². The van der Waals surface area contributed by atoms with Crippen LogP contribution in [0.1, 0.15) is 38.8 Å². The Morgan fingerprint density at radius 1 is 1.24 bits per heavy atom. The van der Waals surface area contributed by atoms with E-state index < -0.39 is 5.41 Å². The zero-order valence-electron chi connectivity index (χ0n) is 12.7. The van der Waals surface area contributed by atoms with Crippen molar-refractivity contribution in [3.8, 4) is 0 Å². The molecule has 0 saturated heterocycles. The number of hydrogen-bond donors (Lipinski definition) is 2. The van der Waals surface area contributed by atoms with E-state index in [2.05, 4.69) is 29.5 Å². The van der Waals surface area contributed by atoms with Gasteiger partial charge in [-0.15, -0.1) is 0 Å². The predicted octanol–water partition coefficient (Wildman–Crippen LogP) is 1.64. The van der Waals surface area contributed by atoms with E-state index in [1.54, 1.807) is 6.20 Å². The molecule has 1 saturated carbocycles. The molecule has 1 aliphatic carbocycles. The van der Waals surface area contributed by atoms with Crippen LogP contribution in [0.3, 0.4) is 0 Å². The summed E-state index contributed by atoms with van der Waals surface area (Å²) < 4.78 is 0. The van der Waals surface area contributed by atoms with E-state index in [-0.39, 0.29) is 11.8 Å². The average molecular weight is 289 g/mol. The molecule has 0 atom stereocenters. The standard InChI is InChI=1S/C16H23N3O2/c1-12(2)6-10-18-14(20)16(7-8-16)15(21)19-11-13-5-3-4-9-17-13/h3-5,9,12H,6-8,10-11H2,1-2H3,(H,18,20)(H,19,21). The molecule has 2 rings (SSSR count). The minimum Gasteiger partial charge on any atom is -0.355 e. The van der Waals surface area contributed by atoms with Crippen molar-refractivity contribution in [3.63, 3.8) is 0 Å². The van der Waals surface area contributed by atoms with Crippen molar-refractivity contribution in [2.24, 2.45) is 11.3 Å². The van der Waals surface area contributed by atoms with Crippen LogP contribution in [0.15, 0.2) is 24.4 Å². The summed E-state index contributed by atoms with van der Waals surface area (Å²) in [5.74, 6) is 0.218. The molecule has 21 heavy (non-hydrogen) atoms. The Balaban J connectivity index is 1.82. The third-order valence-electron chi connectivity index (χ3n) is 3.78. The molecule has 2 N–H and O–H groups in total. The Morgan fingerprint density at radius 2 is 1.95 bits per heavy atom. The van der Waals surface area contributed by atoms with Crippen molar-refractivity contribution in [3.05, 3.63) is 30.1 Å². The van der Waals surface area contributed by atoms with E-state index in [9.17, 15) is 9.59 Å². The van der Waals surface area contributed by atoms with Crippen LogP contribution >= 0.6 is 0 Å². The summed E-state index contributed by atoms with van der Waals surface area (Å²) in [6.07, 6.45) is 3.88. The maximum Gasteiger partial charge on any atom is 0.236 e. The summed E-state index contributed by atoms with van der Waals surface area (Å²) >= 11 is 0. The molecule has 5 heteroatoms. The SMILES string of the molecule is CC(C)CCNC(=O)C1(C(=O)NCc2ccccn2)CC1. The molecular weight excluding hydrogens is 266 g/mol. The molecule has 1 aromatic heterocycles. The topological polar surface area (TPSA) is 71.1 Å². The van der Waals surface area contributed by atoms with Gasteiger partial charge in [0.25, 0.3) is 0 Å². The lowest BCUT2D eigenvalue weighted by molar-refractivity contribution is -0.137. The van der Waals surface area contributed by atoms with Crippen molar-refractivity contribution >= 4 is 11.8 Å². The van der Waals surface area contributed by atoms with E-state index in [1.807, 2.05) is 18.2 Å². The van der Waals surface area contributed by atoms with Crippen molar-refractivity contribution in [2.75, 3.05) is 6.54 Å². The van der Waals surface area contributed by atoms with Gasteiger partial charge >= 0.3 is 0 Å². The molecule has 0 aliphatic heterocycles. The zero-order chi connectivity index (χ0) is 15.3. The number of pyridine rings is 1. The lowest BCUT2D eigenvalue weighted by atomic mass is 10.0. The fraction of sp³-hybridized carbons (Fsp3) is 0.562. The van der Waals surface area contributed by atoms with E-state index in [0.717, 1.165) is 12.1 Å². The molecule has 0 radical (unpaired) electrons. The summed E-state index contributed by atoms with van der Waals surface area (Å²) in [4.78, 5) is 28.6. The fourth-order valence-electron chi connectivity index (χ4n) is 2.17. The third-order valence-corrected chi connectivity index (χ3v) is 3.78. The first-order valence-corrected chi connectivity index (χ1v) is 7.51. The summed E-state index contributed by atoms with van der Waals surface area (Å²) in [6.45, 7) is 5.21. The second-order valence-corrected chi connectivity index (χ2v) is 6.02. The average Bonchev–Trinajstić information content (AvgIpc) is 3.27. The van der Waals surface area contributed by atoms with Gasteiger partial charge in [0.1, 0.15) is 5.41 Å². The predicted molar refractivity (Wildman–Crippen MR) is 80.2 cm³/mol. The van der Waals surface area contributed by atoms with Gasteiger partial charge in [-0.3, -0.25) is 14.6 Å². The Morgan fingerprint density at radius 3 is 2.52 bits per heavy atom. The molecule has 0 unspecified atom stereocenters. The van der Waals surface area contributed by atoms with E-state index in [0.29, 0.717) is 31.8 Å². The third kappa shape index (κ3) is 4.03. The van der Waals surface area contributed by atoms with Crippen LogP contribution in [0.25, 0.3) is 0 Å². The number of hydrogen-bond acceptors (Lipinski definition) is 3. The molecule has 1 aliphatic rings. The minimum absolute atomic E-state index is 0.137. The van der Waals surface area contributed by atoms with Crippen LogP contribution in [-0.2, 0) is 16.1 Å². The Bertz CT molecular complexity index is 496. The van der Waals surface area contributed by atoms with Crippen molar-refractivity contribution in [2.45, 2.75) is 39.7 Å². The van der Waals surface area contributed by atoms with Gasteiger partial charge in [0.2, 0.25) is 11.8 Å². The molecule has 1 aromatic rings. The number of nitrogens with zero attached hydrogens (tertiary/aromatic N) is 1. The van der Waals surface area contributed by atoms with Crippen molar-refractivity contribution < 1.29 is 9.59 Å². The van der Waals surface area contributed by atoms with E-state index in [4.69, 9.17) is 0 Å². The highest BCUT2D eigenvalue weighted by Gasteiger charge is 2.56. The molecule has 0 bridgehead atoms. The molecular formula is C16H23N3O2. The second-order valence-electron chi connectivity index (χ2n) is 6.02. The number of rotatable bonds is 7. The molecule has 0 aromatic carbocycles. The Hall–Kier alpha value is -1.91. The lowest BCUT2D eigenvalue weighted by Gasteiger charge is -2.15. The van der Waals surface area contributed by atoms with Gasteiger partial charge in [-0.25, -0.2) is 0 Å². The molecule has 1 fully saturated rings. The van der Waals surface area contributed by atoms with Gasteiger partial charge in [0, 0.05) is 12.7 Å². The number of nitrogens with one attached hydrogen (secondary N) is 2. The van der Waals surface area contributed by atoms with E-state index in [1.165, 1.54) is 0 Å². The summed E-state index contributed by atoms with van der Waals surface area (Å²) in [7, 11) is 0. The molecule has 5 nitrogen and oxygen atoms in total. The van der Waals surface area contributed by atoms with Gasteiger partial charge < -0.3 is 10.6 Å². The summed E-state index contributed by atoms with van der Waals surface area (Å²) in [6, 6.07) is 5.55. The monoisotopic (exact) mass is 289 g/mol. The van der Waals surface area contributed by atoms with Crippen LogP contribution in [0.2, 0.25) is 0 Å². The summed E-state index contributed by atoms with van der Waals surface area (Å²) in [5, 5.41) is 5.70. The highest BCUT2D eigenvalue weighted by molar-refractivity contribution is 6.07. The van der Waals surface area contributed by atoms with Gasteiger partial charge in [-0.05, 0) is 37.3 Å². The Kier molecular flexibility index (Phi) is 4.94. The maximum absolute atomic E-state index is 12.2. The van der Waals surface area contributed by atoms with Gasteiger partial charge in [0.05, 0.1) is 12.2 Å². The van der Waals surface area contributed by atoms with Crippen LogP contribution in [0, 0.1) is 11.3 Å². The highest BCUT2D eigenvalue weighted by atomic mass is 16.2. The molecule has 2 amide bonds. The van der Waals surface area contributed by atoms with Crippen LogP contribution in [0.4, 0.5) is 0 Å². The quantitative estimate of drug-likeness (QED) is 0.750. The Labute approximate surface area is 125 Å². The number of carbonyl (C=O) groups is 2. The maximum atomic E-state index is 12.2. The first kappa shape index (κ1) is 15.5. The minimum atomic E-state index is -0.842. The highest BCUT2D eigenvalue weighted by Crippen LogP contribution is 2.46. The largest absolute Gasteiger partial charge is 0.355 e. The first-order valence-electron chi connectivity index (χ1n) is 7.51. The van der Waals surface area contributed by atoms with Crippen molar-refractivity contribution in [1.82, 2.24) is 15.6 Å². The zero-order valence-corrected chi connectivity index (χ0v) is 12.7. The smallest absolute Gasteiger partial charge is 0.236 e. The second kappa shape index (κ2) is 6.70. The number of aromatic nitrogens is 1. The van der Waals surface area contributed by atoms with Gasteiger partial charge in [-0.1, -0.05) is 19.9 Å². The first-order chi connectivity index (χ1) is 10.0.